The summed E-state index contributed by atoms with van der Waals surface area (Å²) in [6.07, 6.45) is 0.341. The van der Waals surface area contributed by atoms with Crippen molar-refractivity contribution in [2.24, 2.45) is 0 Å². The molecule has 5 nitrogen and oxygen atoms in total. The van der Waals surface area contributed by atoms with Crippen molar-refractivity contribution in [2.75, 3.05) is 0 Å². The summed E-state index contributed by atoms with van der Waals surface area (Å²) in [5, 5.41) is 0. The van der Waals surface area contributed by atoms with Gasteiger partial charge in [-0.25, -0.2) is 0 Å². The molecule has 3 aromatic carbocycles. The zero-order valence-electron chi connectivity index (χ0n) is 15.3. The SMILES string of the molecule is Cc1ccc2c(c1)OS(=O)(=O)N[C@@H]2Cc1ccccc1C(=O)c1ccccc1. The molecule has 0 saturated carbocycles. The molecule has 1 aliphatic heterocycles. The number of aryl methyl sites for hydroxylation is 1. The van der Waals surface area contributed by atoms with Crippen LogP contribution in [0.2, 0.25) is 0 Å². The van der Waals surface area contributed by atoms with E-state index in [1.807, 2.05) is 55.5 Å². The van der Waals surface area contributed by atoms with Gasteiger partial charge in [0, 0.05) is 16.7 Å². The Morgan fingerprint density at radius 3 is 2.50 bits per heavy atom. The lowest BCUT2D eigenvalue weighted by atomic mass is 9.92. The smallest absolute Gasteiger partial charge is 0.371 e. The molecule has 0 aromatic heterocycles. The first-order chi connectivity index (χ1) is 13.4. The van der Waals surface area contributed by atoms with Gasteiger partial charge in [0.2, 0.25) is 0 Å². The minimum atomic E-state index is -3.90. The number of carbonyl (C=O) groups excluding carboxylic acids is 1. The van der Waals surface area contributed by atoms with Crippen molar-refractivity contribution in [2.45, 2.75) is 19.4 Å². The number of fused-ring (bicyclic) bond motifs is 1. The average molecular weight is 393 g/mol. The predicted octanol–water partition coefficient (Wildman–Crippen LogP) is 3.74. The second kappa shape index (κ2) is 7.22. The molecule has 0 fully saturated rings. The molecule has 142 valence electrons. The van der Waals surface area contributed by atoms with E-state index < -0.39 is 16.3 Å². The molecule has 4 rings (SSSR count). The minimum absolute atomic E-state index is 0.0877. The van der Waals surface area contributed by atoms with Crippen LogP contribution in [0.15, 0.2) is 72.8 Å². The lowest BCUT2D eigenvalue weighted by Gasteiger charge is -2.27. The zero-order valence-corrected chi connectivity index (χ0v) is 16.1. The Morgan fingerprint density at radius 2 is 1.71 bits per heavy atom. The van der Waals surface area contributed by atoms with E-state index in [1.165, 1.54) is 0 Å². The van der Waals surface area contributed by atoms with E-state index in [-0.39, 0.29) is 5.78 Å². The number of hydrogen-bond donors (Lipinski definition) is 1. The Labute approximate surface area is 164 Å². The summed E-state index contributed by atoms with van der Waals surface area (Å²) in [4.78, 5) is 13.0. The van der Waals surface area contributed by atoms with E-state index in [4.69, 9.17) is 4.18 Å². The maximum Gasteiger partial charge on any atom is 0.383 e. The van der Waals surface area contributed by atoms with Crippen molar-refractivity contribution in [3.8, 4) is 5.75 Å². The zero-order chi connectivity index (χ0) is 19.7. The van der Waals surface area contributed by atoms with Crippen molar-refractivity contribution >= 4 is 16.1 Å². The number of benzene rings is 3. The number of carbonyl (C=O) groups is 1. The third kappa shape index (κ3) is 3.69. The van der Waals surface area contributed by atoms with E-state index >= 15 is 0 Å². The van der Waals surface area contributed by atoms with E-state index in [9.17, 15) is 13.2 Å². The van der Waals surface area contributed by atoms with Gasteiger partial charge >= 0.3 is 10.3 Å². The summed E-state index contributed by atoms with van der Waals surface area (Å²) in [6, 6.07) is 21.3. The fraction of sp³-hybridized carbons (Fsp3) is 0.136. The van der Waals surface area contributed by atoms with Crippen LogP contribution in [0.5, 0.6) is 5.75 Å². The second-order valence-electron chi connectivity index (χ2n) is 6.81. The number of hydrogen-bond acceptors (Lipinski definition) is 4. The molecule has 1 atom stereocenters. The lowest BCUT2D eigenvalue weighted by molar-refractivity contribution is 0.103. The van der Waals surface area contributed by atoms with Crippen molar-refractivity contribution in [1.82, 2.24) is 4.72 Å². The quantitative estimate of drug-likeness (QED) is 0.686. The van der Waals surface area contributed by atoms with Crippen molar-refractivity contribution < 1.29 is 17.4 Å². The van der Waals surface area contributed by atoms with Gasteiger partial charge in [-0.1, -0.05) is 66.7 Å². The minimum Gasteiger partial charge on any atom is -0.371 e. The Morgan fingerprint density at radius 1 is 1.00 bits per heavy atom. The maximum absolute atomic E-state index is 13.0. The second-order valence-corrected chi connectivity index (χ2v) is 8.12. The Hall–Kier alpha value is -2.96. The Kier molecular flexibility index (Phi) is 4.75. The summed E-state index contributed by atoms with van der Waals surface area (Å²) < 4.78 is 32.0. The Balaban J connectivity index is 1.72. The van der Waals surface area contributed by atoms with Crippen molar-refractivity contribution in [3.05, 3.63) is 101 Å². The average Bonchev–Trinajstić information content (AvgIpc) is 2.67. The largest absolute Gasteiger partial charge is 0.383 e. The Bertz CT molecular complexity index is 1140. The molecule has 1 heterocycles. The topological polar surface area (TPSA) is 72.5 Å². The molecule has 0 saturated heterocycles. The van der Waals surface area contributed by atoms with Crippen LogP contribution < -0.4 is 8.91 Å². The van der Waals surface area contributed by atoms with Crippen LogP contribution >= 0.6 is 0 Å². The van der Waals surface area contributed by atoms with Gasteiger partial charge in [-0.2, -0.15) is 13.1 Å². The molecule has 6 heteroatoms. The van der Waals surface area contributed by atoms with Crippen LogP contribution in [0.3, 0.4) is 0 Å². The van der Waals surface area contributed by atoms with E-state index in [0.29, 0.717) is 23.3 Å². The van der Waals surface area contributed by atoms with Gasteiger partial charge in [0.15, 0.2) is 5.78 Å². The highest BCUT2D eigenvalue weighted by molar-refractivity contribution is 7.85. The van der Waals surface area contributed by atoms with Crippen LogP contribution in [0.25, 0.3) is 0 Å². The molecular weight excluding hydrogens is 374 g/mol. The molecule has 0 aliphatic carbocycles. The van der Waals surface area contributed by atoms with E-state index in [2.05, 4.69) is 4.72 Å². The normalized spacial score (nSPS) is 17.4. The van der Waals surface area contributed by atoms with Gasteiger partial charge in [-0.15, -0.1) is 0 Å². The van der Waals surface area contributed by atoms with Gasteiger partial charge in [-0.3, -0.25) is 4.79 Å². The molecule has 28 heavy (non-hydrogen) atoms. The van der Waals surface area contributed by atoms with Gasteiger partial charge in [0.1, 0.15) is 5.75 Å². The first-order valence-electron chi connectivity index (χ1n) is 8.93. The number of nitrogens with one attached hydrogen (secondary N) is 1. The molecule has 3 aromatic rings. The van der Waals surface area contributed by atoms with Crippen LogP contribution in [0.4, 0.5) is 0 Å². The van der Waals surface area contributed by atoms with Crippen LogP contribution in [0.1, 0.15) is 38.7 Å². The van der Waals surface area contributed by atoms with Crippen molar-refractivity contribution in [1.29, 1.82) is 0 Å². The molecule has 0 radical (unpaired) electrons. The summed E-state index contributed by atoms with van der Waals surface area (Å²) in [7, 11) is -3.90. The highest BCUT2D eigenvalue weighted by Crippen LogP contribution is 2.34. The fourth-order valence-corrected chi connectivity index (χ4v) is 4.41. The van der Waals surface area contributed by atoms with Gasteiger partial charge in [0.25, 0.3) is 0 Å². The highest BCUT2D eigenvalue weighted by Gasteiger charge is 2.31. The molecule has 0 amide bonds. The summed E-state index contributed by atoms with van der Waals surface area (Å²) in [6.45, 7) is 1.88. The lowest BCUT2D eigenvalue weighted by Crippen LogP contribution is -2.38. The van der Waals surface area contributed by atoms with E-state index in [0.717, 1.165) is 16.7 Å². The first-order valence-corrected chi connectivity index (χ1v) is 10.3. The molecule has 0 unspecified atom stereocenters. The molecule has 0 spiro atoms. The molecule has 1 N–H and O–H groups in total. The molecule has 1 aliphatic rings. The monoisotopic (exact) mass is 393 g/mol. The summed E-state index contributed by atoms with van der Waals surface area (Å²) in [5.41, 5.74) is 3.60. The number of rotatable bonds is 4. The third-order valence-electron chi connectivity index (χ3n) is 4.75. The fourth-order valence-electron chi connectivity index (χ4n) is 3.42. The first kappa shape index (κ1) is 18.4. The van der Waals surface area contributed by atoms with Crippen LogP contribution in [0, 0.1) is 6.92 Å². The summed E-state index contributed by atoms with van der Waals surface area (Å²) in [5.74, 6) is 0.242. The van der Waals surface area contributed by atoms with E-state index in [1.54, 1.807) is 24.3 Å². The predicted molar refractivity (Wildman–Crippen MR) is 107 cm³/mol. The standard InChI is InChI=1S/C22H19NO4S/c1-15-11-12-19-20(23-28(25,26)27-21(19)13-15)14-17-9-5-6-10-18(17)22(24)16-7-3-2-4-8-16/h2-13,20,23H,14H2,1H3/t20-/m1/s1. The number of ketones is 1. The van der Waals surface area contributed by atoms with Gasteiger partial charge < -0.3 is 4.18 Å². The highest BCUT2D eigenvalue weighted by atomic mass is 32.2. The van der Waals surface area contributed by atoms with Gasteiger partial charge in [-0.05, 0) is 30.5 Å². The molecular formula is C22H19NO4S. The third-order valence-corrected chi connectivity index (χ3v) is 5.72. The van der Waals surface area contributed by atoms with Crippen LogP contribution in [-0.4, -0.2) is 14.2 Å². The van der Waals surface area contributed by atoms with Gasteiger partial charge in [0.05, 0.1) is 6.04 Å². The van der Waals surface area contributed by atoms with Crippen LogP contribution in [-0.2, 0) is 16.7 Å². The molecule has 0 bridgehead atoms. The summed E-state index contributed by atoms with van der Waals surface area (Å²) >= 11 is 0. The van der Waals surface area contributed by atoms with Crippen molar-refractivity contribution in [3.63, 3.8) is 0 Å². The maximum atomic E-state index is 13.0.